The SMILES string of the molecule is Brc1ccc(-c2[nH]ncc2N2CCNCC2)cc1. The summed E-state index contributed by atoms with van der Waals surface area (Å²) < 4.78 is 1.09. The van der Waals surface area contributed by atoms with Crippen LogP contribution in [0.3, 0.4) is 0 Å². The van der Waals surface area contributed by atoms with Crippen molar-refractivity contribution in [2.75, 3.05) is 31.1 Å². The lowest BCUT2D eigenvalue weighted by Gasteiger charge is -2.29. The van der Waals surface area contributed by atoms with Crippen molar-refractivity contribution < 1.29 is 0 Å². The number of nitrogens with one attached hydrogen (secondary N) is 2. The van der Waals surface area contributed by atoms with Crippen LogP contribution in [0.25, 0.3) is 11.3 Å². The molecule has 0 unspecified atom stereocenters. The summed E-state index contributed by atoms with van der Waals surface area (Å²) in [5, 5.41) is 10.7. The van der Waals surface area contributed by atoms with Gasteiger partial charge in [0.15, 0.2) is 0 Å². The third-order valence-corrected chi connectivity index (χ3v) is 3.74. The number of piperazine rings is 1. The highest BCUT2D eigenvalue weighted by Gasteiger charge is 2.16. The van der Waals surface area contributed by atoms with E-state index in [1.54, 1.807) is 0 Å². The van der Waals surface area contributed by atoms with E-state index in [9.17, 15) is 0 Å². The summed E-state index contributed by atoms with van der Waals surface area (Å²) in [5.41, 5.74) is 3.47. The molecule has 18 heavy (non-hydrogen) atoms. The van der Waals surface area contributed by atoms with E-state index < -0.39 is 0 Å². The number of anilines is 1. The lowest BCUT2D eigenvalue weighted by Crippen LogP contribution is -2.43. The molecule has 0 spiro atoms. The fraction of sp³-hybridized carbons (Fsp3) is 0.308. The van der Waals surface area contributed by atoms with E-state index >= 15 is 0 Å². The maximum Gasteiger partial charge on any atom is 0.0884 e. The number of halogens is 1. The summed E-state index contributed by atoms with van der Waals surface area (Å²) in [6.45, 7) is 4.13. The lowest BCUT2D eigenvalue weighted by molar-refractivity contribution is 0.589. The van der Waals surface area contributed by atoms with Crippen molar-refractivity contribution in [1.82, 2.24) is 15.5 Å². The van der Waals surface area contributed by atoms with Gasteiger partial charge in [0.25, 0.3) is 0 Å². The van der Waals surface area contributed by atoms with Crippen LogP contribution >= 0.6 is 15.9 Å². The molecule has 2 N–H and O–H groups in total. The molecule has 0 bridgehead atoms. The van der Waals surface area contributed by atoms with Crippen molar-refractivity contribution in [3.8, 4) is 11.3 Å². The quantitative estimate of drug-likeness (QED) is 0.894. The number of benzene rings is 1. The first kappa shape index (κ1) is 11.7. The number of nitrogens with zero attached hydrogens (tertiary/aromatic N) is 2. The Morgan fingerprint density at radius 2 is 1.83 bits per heavy atom. The third-order valence-electron chi connectivity index (χ3n) is 3.21. The lowest BCUT2D eigenvalue weighted by atomic mass is 10.1. The first-order valence-electron chi connectivity index (χ1n) is 6.09. The van der Waals surface area contributed by atoms with E-state index in [1.807, 2.05) is 6.20 Å². The molecule has 0 radical (unpaired) electrons. The van der Waals surface area contributed by atoms with Gasteiger partial charge in [0.2, 0.25) is 0 Å². The molecule has 1 saturated heterocycles. The molecule has 5 heteroatoms. The number of rotatable bonds is 2. The first-order valence-corrected chi connectivity index (χ1v) is 6.89. The summed E-state index contributed by atoms with van der Waals surface area (Å²) in [6, 6.07) is 8.31. The summed E-state index contributed by atoms with van der Waals surface area (Å²) in [4.78, 5) is 2.37. The molecule has 4 nitrogen and oxygen atoms in total. The van der Waals surface area contributed by atoms with E-state index in [2.05, 4.69) is 60.6 Å². The van der Waals surface area contributed by atoms with E-state index in [1.165, 1.54) is 11.3 Å². The van der Waals surface area contributed by atoms with Gasteiger partial charge in [0.05, 0.1) is 17.6 Å². The second kappa shape index (κ2) is 5.12. The zero-order valence-electron chi connectivity index (χ0n) is 9.99. The Morgan fingerprint density at radius 1 is 1.11 bits per heavy atom. The van der Waals surface area contributed by atoms with Gasteiger partial charge in [-0.2, -0.15) is 5.10 Å². The molecule has 0 amide bonds. The van der Waals surface area contributed by atoms with Gasteiger partial charge in [0, 0.05) is 36.2 Å². The normalized spacial score (nSPS) is 15.9. The molecule has 1 aromatic heterocycles. The van der Waals surface area contributed by atoms with Gasteiger partial charge in [-0.15, -0.1) is 0 Å². The topological polar surface area (TPSA) is 44.0 Å². The average Bonchev–Trinajstić information content (AvgIpc) is 2.90. The van der Waals surface area contributed by atoms with E-state index in [0.29, 0.717) is 0 Å². The molecule has 1 aliphatic heterocycles. The predicted molar refractivity (Wildman–Crippen MR) is 76.8 cm³/mol. The van der Waals surface area contributed by atoms with Crippen LogP contribution in [-0.2, 0) is 0 Å². The number of aromatic nitrogens is 2. The predicted octanol–water partition coefficient (Wildman–Crippen LogP) is 2.25. The highest BCUT2D eigenvalue weighted by Crippen LogP contribution is 2.29. The molecule has 0 aliphatic carbocycles. The Bertz CT molecular complexity index is 514. The minimum atomic E-state index is 1.03. The summed E-state index contributed by atoms with van der Waals surface area (Å²) in [7, 11) is 0. The van der Waals surface area contributed by atoms with E-state index in [0.717, 1.165) is 36.3 Å². The Morgan fingerprint density at radius 3 is 2.56 bits per heavy atom. The van der Waals surface area contributed by atoms with Crippen LogP contribution in [0.15, 0.2) is 34.9 Å². The van der Waals surface area contributed by atoms with Crippen LogP contribution in [0, 0.1) is 0 Å². The standard InChI is InChI=1S/C13H15BrN4/c14-11-3-1-10(2-4-11)13-12(9-16-17-13)18-7-5-15-6-8-18/h1-4,9,15H,5-8H2,(H,16,17). The summed E-state index contributed by atoms with van der Waals surface area (Å²) in [5.74, 6) is 0. The molecule has 94 valence electrons. The van der Waals surface area contributed by atoms with Gasteiger partial charge in [0.1, 0.15) is 0 Å². The van der Waals surface area contributed by atoms with E-state index in [-0.39, 0.29) is 0 Å². The Kier molecular flexibility index (Phi) is 3.34. The monoisotopic (exact) mass is 306 g/mol. The Balaban J connectivity index is 1.93. The second-order valence-electron chi connectivity index (χ2n) is 4.37. The highest BCUT2D eigenvalue weighted by atomic mass is 79.9. The van der Waals surface area contributed by atoms with Crippen LogP contribution in [0.2, 0.25) is 0 Å². The highest BCUT2D eigenvalue weighted by molar-refractivity contribution is 9.10. The van der Waals surface area contributed by atoms with Gasteiger partial charge in [-0.25, -0.2) is 0 Å². The van der Waals surface area contributed by atoms with E-state index in [4.69, 9.17) is 0 Å². The zero-order valence-corrected chi connectivity index (χ0v) is 11.6. The summed E-state index contributed by atoms with van der Waals surface area (Å²) >= 11 is 3.46. The van der Waals surface area contributed by atoms with Crippen LogP contribution in [-0.4, -0.2) is 36.4 Å². The zero-order chi connectivity index (χ0) is 12.4. The average molecular weight is 307 g/mol. The van der Waals surface area contributed by atoms with Crippen LogP contribution in [0.1, 0.15) is 0 Å². The van der Waals surface area contributed by atoms with Gasteiger partial charge >= 0.3 is 0 Å². The van der Waals surface area contributed by atoms with Crippen LogP contribution < -0.4 is 10.2 Å². The molecule has 1 aromatic carbocycles. The molecule has 2 aromatic rings. The second-order valence-corrected chi connectivity index (χ2v) is 5.29. The maximum absolute atomic E-state index is 4.20. The minimum Gasteiger partial charge on any atom is -0.366 e. The molecular weight excluding hydrogens is 292 g/mol. The Hall–Kier alpha value is -1.33. The number of aromatic amines is 1. The largest absolute Gasteiger partial charge is 0.366 e. The molecule has 2 heterocycles. The molecule has 1 aliphatic rings. The van der Waals surface area contributed by atoms with Crippen molar-refractivity contribution in [2.24, 2.45) is 0 Å². The number of hydrogen-bond donors (Lipinski definition) is 2. The first-order chi connectivity index (χ1) is 8.84. The Labute approximate surface area is 115 Å². The maximum atomic E-state index is 4.20. The van der Waals surface area contributed by atoms with Gasteiger partial charge in [-0.1, -0.05) is 28.1 Å². The fourth-order valence-corrected chi connectivity index (χ4v) is 2.52. The molecule has 1 fully saturated rings. The molecule has 3 rings (SSSR count). The van der Waals surface area contributed by atoms with Crippen molar-refractivity contribution in [3.63, 3.8) is 0 Å². The van der Waals surface area contributed by atoms with Crippen molar-refractivity contribution in [2.45, 2.75) is 0 Å². The summed E-state index contributed by atoms with van der Waals surface area (Å²) in [6.07, 6.45) is 1.92. The smallest absolute Gasteiger partial charge is 0.0884 e. The van der Waals surface area contributed by atoms with Crippen molar-refractivity contribution in [3.05, 3.63) is 34.9 Å². The van der Waals surface area contributed by atoms with Crippen molar-refractivity contribution >= 4 is 21.6 Å². The number of H-pyrrole nitrogens is 1. The fourth-order valence-electron chi connectivity index (χ4n) is 2.25. The van der Waals surface area contributed by atoms with Crippen LogP contribution in [0.4, 0.5) is 5.69 Å². The molecule has 0 saturated carbocycles. The third kappa shape index (κ3) is 2.28. The van der Waals surface area contributed by atoms with Gasteiger partial charge in [-0.3, -0.25) is 5.10 Å². The van der Waals surface area contributed by atoms with Gasteiger partial charge in [-0.05, 0) is 12.1 Å². The van der Waals surface area contributed by atoms with Gasteiger partial charge < -0.3 is 10.2 Å². The molecule has 0 atom stereocenters. The molecular formula is C13H15BrN4. The minimum absolute atomic E-state index is 1.03. The van der Waals surface area contributed by atoms with Crippen LogP contribution in [0.5, 0.6) is 0 Å². The number of hydrogen-bond acceptors (Lipinski definition) is 3. The van der Waals surface area contributed by atoms with Crippen molar-refractivity contribution in [1.29, 1.82) is 0 Å².